The number of esters is 1. The van der Waals surface area contributed by atoms with Crippen molar-refractivity contribution >= 4 is 12.0 Å². The highest BCUT2D eigenvalue weighted by molar-refractivity contribution is 5.87. The first-order valence-corrected chi connectivity index (χ1v) is 8.70. The summed E-state index contributed by atoms with van der Waals surface area (Å²) in [5, 5.41) is 30.0. The van der Waals surface area contributed by atoms with Gasteiger partial charge in [-0.15, -0.1) is 0 Å². The lowest BCUT2D eigenvalue weighted by molar-refractivity contribution is -0.134. The molecular formula is C21H24O8. The summed E-state index contributed by atoms with van der Waals surface area (Å²) >= 11 is 0. The third kappa shape index (κ3) is 5.63. The first-order valence-electron chi connectivity index (χ1n) is 8.70. The van der Waals surface area contributed by atoms with Crippen LogP contribution in [0.5, 0.6) is 23.0 Å². The molecule has 0 saturated heterocycles. The number of rotatable bonds is 9. The van der Waals surface area contributed by atoms with E-state index < -0.39 is 24.8 Å². The number of carbonyl (C=O) groups is 1. The van der Waals surface area contributed by atoms with Crippen LogP contribution in [0.2, 0.25) is 0 Å². The normalized spacial score (nSPS) is 13.0. The predicted octanol–water partition coefficient (Wildman–Crippen LogP) is 2.07. The molecule has 2 atom stereocenters. The fraction of sp³-hybridized carbons (Fsp3) is 0.286. The third-order valence-corrected chi connectivity index (χ3v) is 4.16. The van der Waals surface area contributed by atoms with E-state index in [1.165, 1.54) is 45.6 Å². The van der Waals surface area contributed by atoms with Crippen LogP contribution < -0.4 is 14.2 Å². The van der Waals surface area contributed by atoms with Crippen molar-refractivity contribution in [3.05, 3.63) is 53.6 Å². The van der Waals surface area contributed by atoms with E-state index in [-0.39, 0.29) is 11.5 Å². The quantitative estimate of drug-likeness (QED) is 0.430. The summed E-state index contributed by atoms with van der Waals surface area (Å²) in [4.78, 5) is 11.2. The van der Waals surface area contributed by atoms with Crippen LogP contribution in [0.1, 0.15) is 17.2 Å². The molecule has 0 radical (unpaired) electrons. The van der Waals surface area contributed by atoms with Crippen LogP contribution in [-0.2, 0) is 9.53 Å². The summed E-state index contributed by atoms with van der Waals surface area (Å²) in [5.74, 6) is 0.286. The molecule has 29 heavy (non-hydrogen) atoms. The molecule has 2 aromatic carbocycles. The van der Waals surface area contributed by atoms with Gasteiger partial charge in [0.1, 0.15) is 6.10 Å². The van der Waals surface area contributed by atoms with Crippen molar-refractivity contribution in [2.45, 2.75) is 12.2 Å². The molecule has 156 valence electrons. The minimum Gasteiger partial charge on any atom is -0.504 e. The van der Waals surface area contributed by atoms with Crippen molar-refractivity contribution in [1.29, 1.82) is 0 Å². The van der Waals surface area contributed by atoms with E-state index in [0.717, 1.165) is 0 Å². The number of hydrogen-bond acceptors (Lipinski definition) is 8. The van der Waals surface area contributed by atoms with Gasteiger partial charge in [-0.25, -0.2) is 4.79 Å². The third-order valence-electron chi connectivity index (χ3n) is 4.16. The van der Waals surface area contributed by atoms with Crippen LogP contribution in [0.15, 0.2) is 42.5 Å². The monoisotopic (exact) mass is 404 g/mol. The highest BCUT2D eigenvalue weighted by atomic mass is 16.5. The fourth-order valence-electron chi connectivity index (χ4n) is 2.57. The number of aliphatic hydroxyl groups is 2. The fourth-order valence-corrected chi connectivity index (χ4v) is 2.57. The van der Waals surface area contributed by atoms with Crippen LogP contribution in [-0.4, -0.2) is 55.3 Å². The van der Waals surface area contributed by atoms with E-state index in [2.05, 4.69) is 4.74 Å². The highest BCUT2D eigenvalue weighted by Gasteiger charge is 2.24. The van der Waals surface area contributed by atoms with Crippen LogP contribution >= 0.6 is 0 Å². The van der Waals surface area contributed by atoms with E-state index >= 15 is 0 Å². The number of aliphatic hydroxyl groups excluding tert-OH is 2. The summed E-state index contributed by atoms with van der Waals surface area (Å²) < 4.78 is 20.7. The first kappa shape index (κ1) is 22.1. The highest BCUT2D eigenvalue weighted by Crippen LogP contribution is 2.34. The van der Waals surface area contributed by atoms with Crippen molar-refractivity contribution in [3.8, 4) is 23.0 Å². The Bertz CT molecular complexity index is 862. The van der Waals surface area contributed by atoms with Gasteiger partial charge < -0.3 is 34.3 Å². The Morgan fingerprint density at radius 1 is 1.03 bits per heavy atom. The lowest BCUT2D eigenvalue weighted by Gasteiger charge is -2.24. The van der Waals surface area contributed by atoms with Gasteiger partial charge in [0, 0.05) is 6.08 Å². The second-order valence-electron chi connectivity index (χ2n) is 5.98. The number of phenols is 1. The maximum absolute atomic E-state index is 11.2. The largest absolute Gasteiger partial charge is 0.504 e. The molecule has 2 aromatic rings. The Labute approximate surface area is 168 Å². The Hall–Kier alpha value is -3.23. The number of benzene rings is 2. The summed E-state index contributed by atoms with van der Waals surface area (Å²) in [6.45, 7) is -0.475. The predicted molar refractivity (Wildman–Crippen MR) is 105 cm³/mol. The molecular weight excluding hydrogens is 380 g/mol. The van der Waals surface area contributed by atoms with Gasteiger partial charge in [-0.2, -0.15) is 0 Å². The zero-order chi connectivity index (χ0) is 21.4. The number of ether oxygens (including phenoxy) is 4. The minimum absolute atomic E-state index is 0.0674. The van der Waals surface area contributed by atoms with Crippen LogP contribution in [0, 0.1) is 0 Å². The molecule has 0 amide bonds. The molecule has 8 nitrogen and oxygen atoms in total. The Morgan fingerprint density at radius 3 is 2.38 bits per heavy atom. The Kier molecular flexibility index (Phi) is 7.88. The molecule has 8 heteroatoms. The van der Waals surface area contributed by atoms with E-state index in [4.69, 9.17) is 14.2 Å². The number of aromatic hydroxyl groups is 1. The maximum atomic E-state index is 11.2. The van der Waals surface area contributed by atoms with Crippen molar-refractivity contribution in [2.24, 2.45) is 0 Å². The zero-order valence-corrected chi connectivity index (χ0v) is 16.4. The lowest BCUT2D eigenvalue weighted by Crippen LogP contribution is -2.29. The Morgan fingerprint density at radius 2 is 1.76 bits per heavy atom. The first-order chi connectivity index (χ1) is 13.9. The van der Waals surface area contributed by atoms with Crippen LogP contribution in [0.3, 0.4) is 0 Å². The molecule has 0 fully saturated rings. The van der Waals surface area contributed by atoms with Crippen LogP contribution in [0.4, 0.5) is 0 Å². The van der Waals surface area contributed by atoms with Gasteiger partial charge in [-0.1, -0.05) is 12.1 Å². The molecule has 0 aliphatic heterocycles. The number of phenolic OH excluding ortho intramolecular Hbond substituents is 1. The van der Waals surface area contributed by atoms with Gasteiger partial charge in [0.05, 0.1) is 27.9 Å². The molecule has 2 rings (SSSR count). The zero-order valence-electron chi connectivity index (χ0n) is 16.4. The van der Waals surface area contributed by atoms with Gasteiger partial charge in [-0.3, -0.25) is 0 Å². The molecule has 0 aliphatic rings. The van der Waals surface area contributed by atoms with E-state index in [0.29, 0.717) is 22.6 Å². The molecule has 0 aliphatic carbocycles. The van der Waals surface area contributed by atoms with E-state index in [9.17, 15) is 20.1 Å². The van der Waals surface area contributed by atoms with Gasteiger partial charge in [0.25, 0.3) is 0 Å². The molecule has 0 bridgehead atoms. The van der Waals surface area contributed by atoms with Crippen molar-refractivity contribution in [1.82, 2.24) is 0 Å². The molecule has 0 heterocycles. The van der Waals surface area contributed by atoms with E-state index in [1.54, 1.807) is 24.3 Å². The summed E-state index contributed by atoms with van der Waals surface area (Å²) in [7, 11) is 4.13. The average molecular weight is 404 g/mol. The standard InChI is InChI=1S/C21H24O8/c1-26-17-11-14(6-7-15(17)23)21(25)19(12-22)29-16-8-4-13(10-18(16)27-2)5-9-20(24)28-3/h4-11,19,21-23,25H,12H2,1-3H3/t19-,21-/m0/s1. The summed E-state index contributed by atoms with van der Waals surface area (Å²) in [6.07, 6.45) is 0.625. The number of carbonyl (C=O) groups excluding carboxylic acids is 1. The topological polar surface area (TPSA) is 115 Å². The van der Waals surface area contributed by atoms with Gasteiger partial charge in [-0.05, 0) is 41.5 Å². The molecule has 3 N–H and O–H groups in total. The van der Waals surface area contributed by atoms with Crippen molar-refractivity contribution in [2.75, 3.05) is 27.9 Å². The molecule has 0 saturated carbocycles. The molecule has 0 spiro atoms. The second-order valence-corrected chi connectivity index (χ2v) is 5.98. The Balaban J connectivity index is 2.23. The molecule has 0 unspecified atom stereocenters. The van der Waals surface area contributed by atoms with Gasteiger partial charge in [0.2, 0.25) is 0 Å². The SMILES string of the molecule is COC(=O)C=Cc1ccc(O[C@@H](CO)[C@@H](O)c2ccc(O)c(OC)c2)c(OC)c1. The van der Waals surface area contributed by atoms with Crippen molar-refractivity contribution < 1.29 is 39.1 Å². The number of methoxy groups -OCH3 is 3. The maximum Gasteiger partial charge on any atom is 0.330 e. The van der Waals surface area contributed by atoms with E-state index in [1.807, 2.05) is 0 Å². The van der Waals surface area contributed by atoms with Gasteiger partial charge >= 0.3 is 5.97 Å². The summed E-state index contributed by atoms with van der Waals surface area (Å²) in [5.41, 5.74) is 1.07. The van der Waals surface area contributed by atoms with Gasteiger partial charge in [0.15, 0.2) is 29.1 Å². The summed E-state index contributed by atoms with van der Waals surface area (Å²) in [6, 6.07) is 9.27. The average Bonchev–Trinajstić information content (AvgIpc) is 2.75. The second kappa shape index (κ2) is 10.4. The van der Waals surface area contributed by atoms with Crippen molar-refractivity contribution in [3.63, 3.8) is 0 Å². The number of hydrogen-bond donors (Lipinski definition) is 3. The smallest absolute Gasteiger partial charge is 0.330 e. The lowest BCUT2D eigenvalue weighted by atomic mass is 10.0. The minimum atomic E-state index is -1.20. The molecule has 0 aromatic heterocycles. The van der Waals surface area contributed by atoms with Crippen LogP contribution in [0.25, 0.3) is 6.08 Å².